The maximum atomic E-state index is 12.9. The molecule has 3 rings (SSSR count). The first-order valence-corrected chi connectivity index (χ1v) is 6.95. The van der Waals surface area contributed by atoms with E-state index in [2.05, 4.69) is 15.3 Å². The Morgan fingerprint density at radius 1 is 1.13 bits per heavy atom. The summed E-state index contributed by atoms with van der Waals surface area (Å²) in [6.07, 6.45) is 3.19. The number of halogens is 1. The first-order valence-electron chi connectivity index (χ1n) is 6.95. The highest BCUT2D eigenvalue weighted by atomic mass is 19.1. The second kappa shape index (κ2) is 5.99. The van der Waals surface area contributed by atoms with Gasteiger partial charge in [-0.25, -0.2) is 13.9 Å². The third kappa shape index (κ3) is 3.42. The summed E-state index contributed by atoms with van der Waals surface area (Å²) in [4.78, 5) is 25.3. The van der Waals surface area contributed by atoms with E-state index in [-0.39, 0.29) is 12.4 Å². The van der Waals surface area contributed by atoms with Crippen LogP contribution in [0.2, 0.25) is 0 Å². The number of rotatable bonds is 4. The molecule has 0 spiro atoms. The Labute approximate surface area is 130 Å². The number of hydrogen-bond acceptors (Lipinski definition) is 4. The molecule has 0 aliphatic rings. The van der Waals surface area contributed by atoms with Crippen LogP contribution < -0.4 is 11.2 Å². The number of H-pyrrole nitrogens is 1. The van der Waals surface area contributed by atoms with E-state index in [1.165, 1.54) is 22.9 Å². The summed E-state index contributed by atoms with van der Waals surface area (Å²) >= 11 is 0. The summed E-state index contributed by atoms with van der Waals surface area (Å²) in [5.41, 5.74) is 1.03. The zero-order valence-corrected chi connectivity index (χ0v) is 12.4. The standard InChI is InChI=1S/C15H14FN5O2/c1-10-6-20(15(23)17-14(10)22)8-13-9-21(19-18-13)7-11-2-4-12(16)5-3-11/h2-6,9H,7-8H2,1H3,(H,17,22,23). The van der Waals surface area contributed by atoms with E-state index < -0.39 is 11.2 Å². The van der Waals surface area contributed by atoms with Crippen LogP contribution in [0.4, 0.5) is 4.39 Å². The molecule has 0 saturated heterocycles. The Morgan fingerprint density at radius 2 is 1.87 bits per heavy atom. The zero-order valence-electron chi connectivity index (χ0n) is 12.4. The molecule has 0 radical (unpaired) electrons. The van der Waals surface area contributed by atoms with Crippen LogP contribution in [0.3, 0.4) is 0 Å². The first kappa shape index (κ1) is 14.9. The van der Waals surface area contributed by atoms with Gasteiger partial charge in [-0.2, -0.15) is 0 Å². The van der Waals surface area contributed by atoms with Crippen molar-refractivity contribution in [3.63, 3.8) is 0 Å². The zero-order chi connectivity index (χ0) is 16.4. The van der Waals surface area contributed by atoms with Crippen molar-refractivity contribution in [3.8, 4) is 0 Å². The first-order chi connectivity index (χ1) is 11.0. The third-order valence-electron chi connectivity index (χ3n) is 3.37. The van der Waals surface area contributed by atoms with E-state index in [1.54, 1.807) is 29.9 Å². The fourth-order valence-corrected chi connectivity index (χ4v) is 2.18. The largest absolute Gasteiger partial charge is 0.328 e. The van der Waals surface area contributed by atoms with Crippen molar-refractivity contribution in [3.05, 3.63) is 80.1 Å². The van der Waals surface area contributed by atoms with E-state index in [0.717, 1.165) is 5.56 Å². The van der Waals surface area contributed by atoms with E-state index >= 15 is 0 Å². The van der Waals surface area contributed by atoms with Gasteiger partial charge in [0.25, 0.3) is 5.56 Å². The minimum Gasteiger partial charge on any atom is -0.294 e. The van der Waals surface area contributed by atoms with Crippen LogP contribution in [0, 0.1) is 12.7 Å². The molecule has 3 aromatic rings. The predicted molar refractivity (Wildman–Crippen MR) is 80.7 cm³/mol. The summed E-state index contributed by atoms with van der Waals surface area (Å²) in [5, 5.41) is 7.99. The van der Waals surface area contributed by atoms with Crippen molar-refractivity contribution < 1.29 is 4.39 Å². The van der Waals surface area contributed by atoms with Crippen LogP contribution in [-0.4, -0.2) is 24.5 Å². The monoisotopic (exact) mass is 315 g/mol. The molecule has 0 atom stereocenters. The van der Waals surface area contributed by atoms with Crippen LogP contribution >= 0.6 is 0 Å². The number of nitrogens with one attached hydrogen (secondary N) is 1. The molecule has 7 nitrogen and oxygen atoms in total. The SMILES string of the molecule is Cc1cn(Cc2cn(Cc3ccc(F)cc3)nn2)c(=O)[nH]c1=O. The second-order valence-corrected chi connectivity index (χ2v) is 5.23. The molecule has 0 bridgehead atoms. The van der Waals surface area contributed by atoms with Gasteiger partial charge in [0.1, 0.15) is 11.5 Å². The predicted octanol–water partition coefficient (Wildman–Crippen LogP) is 0.672. The molecule has 0 amide bonds. The van der Waals surface area contributed by atoms with Gasteiger partial charge in [-0.3, -0.25) is 14.3 Å². The maximum absolute atomic E-state index is 12.9. The van der Waals surface area contributed by atoms with Gasteiger partial charge >= 0.3 is 5.69 Å². The summed E-state index contributed by atoms with van der Waals surface area (Å²) in [6.45, 7) is 2.28. The molecular weight excluding hydrogens is 301 g/mol. The van der Waals surface area contributed by atoms with Crippen molar-refractivity contribution in [2.24, 2.45) is 0 Å². The average molecular weight is 315 g/mol. The molecule has 1 aromatic carbocycles. The van der Waals surface area contributed by atoms with E-state index in [1.807, 2.05) is 0 Å². The molecule has 0 fully saturated rings. The topological polar surface area (TPSA) is 85.6 Å². The molecule has 2 heterocycles. The average Bonchev–Trinajstić information content (AvgIpc) is 2.94. The fourth-order valence-electron chi connectivity index (χ4n) is 2.18. The smallest absolute Gasteiger partial charge is 0.294 e. The fraction of sp³-hybridized carbons (Fsp3) is 0.200. The van der Waals surface area contributed by atoms with Gasteiger partial charge in [0.15, 0.2) is 0 Å². The Hall–Kier alpha value is -3.03. The third-order valence-corrected chi connectivity index (χ3v) is 3.37. The molecule has 1 N–H and O–H groups in total. The van der Waals surface area contributed by atoms with E-state index in [4.69, 9.17) is 0 Å². The Morgan fingerprint density at radius 3 is 2.61 bits per heavy atom. The van der Waals surface area contributed by atoms with Gasteiger partial charge in [0.2, 0.25) is 0 Å². The number of aryl methyl sites for hydroxylation is 1. The highest BCUT2D eigenvalue weighted by Gasteiger charge is 2.06. The van der Waals surface area contributed by atoms with Gasteiger partial charge in [-0.05, 0) is 24.6 Å². The van der Waals surface area contributed by atoms with E-state index in [0.29, 0.717) is 17.8 Å². The van der Waals surface area contributed by atoms with Gasteiger partial charge in [0, 0.05) is 11.8 Å². The van der Waals surface area contributed by atoms with Crippen LogP contribution in [0.25, 0.3) is 0 Å². The van der Waals surface area contributed by atoms with Crippen molar-refractivity contribution in [2.45, 2.75) is 20.0 Å². The van der Waals surface area contributed by atoms with Crippen molar-refractivity contribution >= 4 is 0 Å². The van der Waals surface area contributed by atoms with Crippen LogP contribution in [-0.2, 0) is 13.1 Å². The van der Waals surface area contributed by atoms with Crippen LogP contribution in [0.1, 0.15) is 16.8 Å². The van der Waals surface area contributed by atoms with Crippen molar-refractivity contribution in [1.82, 2.24) is 24.5 Å². The lowest BCUT2D eigenvalue weighted by Crippen LogP contribution is -2.31. The molecule has 0 aliphatic heterocycles. The Balaban J connectivity index is 1.77. The van der Waals surface area contributed by atoms with Crippen molar-refractivity contribution in [2.75, 3.05) is 0 Å². The normalized spacial score (nSPS) is 10.9. The number of aromatic amines is 1. The molecule has 2 aromatic heterocycles. The number of hydrogen-bond donors (Lipinski definition) is 1. The lowest BCUT2D eigenvalue weighted by Gasteiger charge is -2.03. The maximum Gasteiger partial charge on any atom is 0.328 e. The van der Waals surface area contributed by atoms with Gasteiger partial charge < -0.3 is 0 Å². The highest BCUT2D eigenvalue weighted by Crippen LogP contribution is 2.05. The molecule has 0 saturated carbocycles. The lowest BCUT2D eigenvalue weighted by molar-refractivity contribution is 0.621. The van der Waals surface area contributed by atoms with Gasteiger partial charge in [-0.15, -0.1) is 5.10 Å². The van der Waals surface area contributed by atoms with Crippen molar-refractivity contribution in [1.29, 1.82) is 0 Å². The molecule has 118 valence electrons. The number of aromatic nitrogens is 5. The van der Waals surface area contributed by atoms with E-state index in [9.17, 15) is 14.0 Å². The Bertz CT molecular complexity index is 939. The summed E-state index contributed by atoms with van der Waals surface area (Å²) < 4.78 is 15.8. The summed E-state index contributed by atoms with van der Waals surface area (Å²) in [7, 11) is 0. The lowest BCUT2D eigenvalue weighted by atomic mass is 10.2. The summed E-state index contributed by atoms with van der Waals surface area (Å²) in [6, 6.07) is 6.12. The molecule has 0 unspecified atom stereocenters. The van der Waals surface area contributed by atoms with Gasteiger partial charge in [0.05, 0.1) is 19.3 Å². The minimum atomic E-state index is -0.492. The summed E-state index contributed by atoms with van der Waals surface area (Å²) in [5.74, 6) is -0.291. The molecule has 0 aliphatic carbocycles. The number of nitrogens with zero attached hydrogens (tertiary/aromatic N) is 4. The second-order valence-electron chi connectivity index (χ2n) is 5.23. The molecule has 23 heavy (non-hydrogen) atoms. The number of benzene rings is 1. The van der Waals surface area contributed by atoms with Gasteiger partial charge in [-0.1, -0.05) is 17.3 Å². The molecule has 8 heteroatoms. The highest BCUT2D eigenvalue weighted by molar-refractivity contribution is 5.16. The Kier molecular flexibility index (Phi) is 3.88. The molecular formula is C15H14FN5O2. The minimum absolute atomic E-state index is 0.208. The van der Waals surface area contributed by atoms with Crippen LogP contribution in [0.5, 0.6) is 0 Å². The quantitative estimate of drug-likeness (QED) is 0.767. The van der Waals surface area contributed by atoms with Crippen LogP contribution in [0.15, 0.2) is 46.2 Å².